The van der Waals surface area contributed by atoms with Crippen LogP contribution in [0.5, 0.6) is 0 Å². The van der Waals surface area contributed by atoms with E-state index in [0.29, 0.717) is 11.3 Å². The molecule has 0 amide bonds. The van der Waals surface area contributed by atoms with Gasteiger partial charge in [0.1, 0.15) is 6.07 Å². The summed E-state index contributed by atoms with van der Waals surface area (Å²) in [5, 5.41) is 12.2. The number of nitrogens with zero attached hydrogens (tertiary/aromatic N) is 1. The van der Waals surface area contributed by atoms with E-state index in [2.05, 4.69) is 30.4 Å². The minimum atomic E-state index is 0.492. The molecular weight excluding hydrogens is 222 g/mol. The van der Waals surface area contributed by atoms with Gasteiger partial charge in [0.2, 0.25) is 0 Å². The zero-order valence-electron chi connectivity index (χ0n) is 10.3. The molecule has 0 fully saturated rings. The average Bonchev–Trinajstić information content (AvgIpc) is 2.41. The van der Waals surface area contributed by atoms with Gasteiger partial charge < -0.3 is 11.1 Å². The summed E-state index contributed by atoms with van der Waals surface area (Å²) >= 11 is 0. The van der Waals surface area contributed by atoms with Crippen LogP contribution in [0.4, 0.5) is 17.1 Å². The van der Waals surface area contributed by atoms with E-state index in [1.165, 1.54) is 5.56 Å². The van der Waals surface area contributed by atoms with Crippen molar-refractivity contribution in [3.05, 3.63) is 53.6 Å². The first-order valence-electron chi connectivity index (χ1n) is 5.88. The highest BCUT2D eigenvalue weighted by Crippen LogP contribution is 2.21. The molecule has 3 heteroatoms. The van der Waals surface area contributed by atoms with Gasteiger partial charge in [0.15, 0.2) is 0 Å². The molecule has 2 aromatic carbocycles. The summed E-state index contributed by atoms with van der Waals surface area (Å²) < 4.78 is 0. The molecule has 0 aliphatic carbocycles. The van der Waals surface area contributed by atoms with Crippen molar-refractivity contribution in [3.8, 4) is 6.07 Å². The van der Waals surface area contributed by atoms with Gasteiger partial charge in [0.05, 0.1) is 5.56 Å². The number of hydrogen-bond acceptors (Lipinski definition) is 3. The largest absolute Gasteiger partial charge is 0.398 e. The first kappa shape index (κ1) is 12.0. The third-order valence-electron chi connectivity index (χ3n) is 2.80. The molecule has 0 atom stereocenters. The number of anilines is 3. The Balaban J connectivity index is 2.26. The normalized spacial score (nSPS) is 9.78. The summed E-state index contributed by atoms with van der Waals surface area (Å²) in [5.41, 5.74) is 9.85. The van der Waals surface area contributed by atoms with Crippen molar-refractivity contribution in [1.82, 2.24) is 0 Å². The molecule has 0 unspecified atom stereocenters. The molecule has 90 valence electrons. The summed E-state index contributed by atoms with van der Waals surface area (Å²) in [7, 11) is 0. The van der Waals surface area contributed by atoms with Crippen LogP contribution in [0.15, 0.2) is 42.5 Å². The Hall–Kier alpha value is -2.47. The van der Waals surface area contributed by atoms with Gasteiger partial charge in [-0.25, -0.2) is 0 Å². The topological polar surface area (TPSA) is 61.8 Å². The van der Waals surface area contributed by atoms with Crippen LogP contribution < -0.4 is 11.1 Å². The van der Waals surface area contributed by atoms with E-state index in [0.717, 1.165) is 17.8 Å². The Labute approximate surface area is 107 Å². The predicted octanol–water partition coefficient (Wildman–Crippen LogP) is 3.45. The maximum Gasteiger partial charge on any atom is 0.101 e. The zero-order valence-corrected chi connectivity index (χ0v) is 10.3. The SMILES string of the molecule is CCc1cccc(Nc2ccc(N)c(C#N)c2)c1. The lowest BCUT2D eigenvalue weighted by Crippen LogP contribution is -1.95. The smallest absolute Gasteiger partial charge is 0.101 e. The molecule has 3 nitrogen and oxygen atoms in total. The summed E-state index contributed by atoms with van der Waals surface area (Å²) in [6.45, 7) is 2.12. The molecule has 0 saturated carbocycles. The van der Waals surface area contributed by atoms with Crippen LogP contribution in [0.3, 0.4) is 0 Å². The third kappa shape index (κ3) is 2.61. The van der Waals surface area contributed by atoms with Gasteiger partial charge in [-0.3, -0.25) is 0 Å². The van der Waals surface area contributed by atoms with Gasteiger partial charge in [0, 0.05) is 17.1 Å². The van der Waals surface area contributed by atoms with Crippen LogP contribution >= 0.6 is 0 Å². The van der Waals surface area contributed by atoms with Crippen molar-refractivity contribution < 1.29 is 0 Å². The van der Waals surface area contributed by atoms with Crippen molar-refractivity contribution in [1.29, 1.82) is 5.26 Å². The molecular formula is C15H15N3. The summed E-state index contributed by atoms with van der Waals surface area (Å²) in [6.07, 6.45) is 1.00. The number of hydrogen-bond donors (Lipinski definition) is 2. The maximum absolute atomic E-state index is 8.93. The minimum absolute atomic E-state index is 0.492. The van der Waals surface area contributed by atoms with Crippen LogP contribution in [0, 0.1) is 11.3 Å². The predicted molar refractivity (Wildman–Crippen MR) is 74.7 cm³/mol. The highest BCUT2D eigenvalue weighted by molar-refractivity contribution is 5.67. The molecule has 3 N–H and O–H groups in total. The molecule has 0 aromatic heterocycles. The molecule has 0 aliphatic rings. The second-order valence-corrected chi connectivity index (χ2v) is 4.09. The highest BCUT2D eigenvalue weighted by atomic mass is 14.9. The Bertz CT molecular complexity index is 597. The van der Waals surface area contributed by atoms with Crippen LogP contribution in [-0.2, 0) is 6.42 Å². The van der Waals surface area contributed by atoms with E-state index in [9.17, 15) is 0 Å². The van der Waals surface area contributed by atoms with Gasteiger partial charge in [-0.1, -0.05) is 19.1 Å². The second kappa shape index (κ2) is 5.24. The summed E-state index contributed by atoms with van der Waals surface area (Å²) in [6, 6.07) is 15.7. The van der Waals surface area contributed by atoms with Crippen LogP contribution in [0.25, 0.3) is 0 Å². The van der Waals surface area contributed by atoms with Gasteiger partial charge >= 0.3 is 0 Å². The first-order chi connectivity index (χ1) is 8.72. The van der Waals surface area contributed by atoms with Gasteiger partial charge in [-0.05, 0) is 42.3 Å². The lowest BCUT2D eigenvalue weighted by atomic mass is 10.1. The number of nitrogens with one attached hydrogen (secondary N) is 1. The molecule has 2 rings (SSSR count). The van der Waals surface area contributed by atoms with E-state index in [4.69, 9.17) is 11.0 Å². The fourth-order valence-electron chi connectivity index (χ4n) is 1.77. The van der Waals surface area contributed by atoms with Gasteiger partial charge in [-0.15, -0.1) is 0 Å². The number of nitrogen functional groups attached to an aromatic ring is 1. The first-order valence-corrected chi connectivity index (χ1v) is 5.88. The summed E-state index contributed by atoms with van der Waals surface area (Å²) in [5.74, 6) is 0. The number of benzene rings is 2. The fraction of sp³-hybridized carbons (Fsp3) is 0.133. The lowest BCUT2D eigenvalue weighted by molar-refractivity contribution is 1.14. The number of nitrogens with two attached hydrogens (primary N) is 1. The Morgan fingerprint density at radius 2 is 1.94 bits per heavy atom. The maximum atomic E-state index is 8.93. The minimum Gasteiger partial charge on any atom is -0.398 e. The van der Waals surface area contributed by atoms with Crippen molar-refractivity contribution in [2.75, 3.05) is 11.1 Å². The van der Waals surface area contributed by atoms with Crippen LogP contribution in [0.2, 0.25) is 0 Å². The van der Waals surface area contributed by atoms with E-state index in [-0.39, 0.29) is 0 Å². The van der Waals surface area contributed by atoms with E-state index < -0.39 is 0 Å². The average molecular weight is 237 g/mol. The summed E-state index contributed by atoms with van der Waals surface area (Å²) in [4.78, 5) is 0. The molecule has 0 bridgehead atoms. The van der Waals surface area contributed by atoms with Crippen LogP contribution in [-0.4, -0.2) is 0 Å². The molecule has 2 aromatic rings. The zero-order chi connectivity index (χ0) is 13.0. The Kier molecular flexibility index (Phi) is 3.49. The lowest BCUT2D eigenvalue weighted by Gasteiger charge is -2.09. The van der Waals surface area contributed by atoms with E-state index in [1.807, 2.05) is 18.2 Å². The van der Waals surface area contributed by atoms with E-state index >= 15 is 0 Å². The van der Waals surface area contributed by atoms with Crippen molar-refractivity contribution >= 4 is 17.1 Å². The van der Waals surface area contributed by atoms with Crippen molar-refractivity contribution in [3.63, 3.8) is 0 Å². The molecule has 0 heterocycles. The van der Waals surface area contributed by atoms with Crippen molar-refractivity contribution in [2.24, 2.45) is 0 Å². The highest BCUT2D eigenvalue weighted by Gasteiger charge is 2.01. The number of aryl methyl sites for hydroxylation is 1. The molecule has 0 radical (unpaired) electrons. The number of nitriles is 1. The van der Waals surface area contributed by atoms with Gasteiger partial charge in [-0.2, -0.15) is 5.26 Å². The molecule has 0 aliphatic heterocycles. The Morgan fingerprint density at radius 3 is 2.67 bits per heavy atom. The standard InChI is InChI=1S/C15H15N3/c1-2-11-4-3-5-13(8-11)18-14-6-7-15(17)12(9-14)10-16/h3-9,18H,2,17H2,1H3. The monoisotopic (exact) mass is 237 g/mol. The second-order valence-electron chi connectivity index (χ2n) is 4.09. The van der Waals surface area contributed by atoms with Gasteiger partial charge in [0.25, 0.3) is 0 Å². The third-order valence-corrected chi connectivity index (χ3v) is 2.80. The van der Waals surface area contributed by atoms with Crippen molar-refractivity contribution in [2.45, 2.75) is 13.3 Å². The molecule has 18 heavy (non-hydrogen) atoms. The fourth-order valence-corrected chi connectivity index (χ4v) is 1.77. The Morgan fingerprint density at radius 1 is 1.17 bits per heavy atom. The molecule has 0 saturated heterocycles. The van der Waals surface area contributed by atoms with Crippen LogP contribution in [0.1, 0.15) is 18.1 Å². The molecule has 0 spiro atoms. The quantitative estimate of drug-likeness (QED) is 0.804. The number of rotatable bonds is 3. The van der Waals surface area contributed by atoms with E-state index in [1.54, 1.807) is 12.1 Å².